The minimum Gasteiger partial charge on any atom is -0.304 e. The van der Waals surface area contributed by atoms with Crippen LogP contribution in [0, 0.1) is 5.41 Å². The molecule has 0 unspecified atom stereocenters. The van der Waals surface area contributed by atoms with Crippen LogP contribution in [0.2, 0.25) is 0 Å². The molecule has 2 rings (SSSR count). The smallest absolute Gasteiger partial charge is 0.304 e. The summed E-state index contributed by atoms with van der Waals surface area (Å²) in [5.74, 6) is 0. The molecule has 2 heterocycles. The second kappa shape index (κ2) is 3.92. The monoisotopic (exact) mass is 222 g/mol. The van der Waals surface area contributed by atoms with E-state index in [9.17, 15) is 4.79 Å². The molecule has 1 aliphatic heterocycles. The molecule has 0 N–H and O–H groups in total. The van der Waals surface area contributed by atoms with E-state index in [1.807, 2.05) is 35.2 Å². The first-order chi connectivity index (χ1) is 7.48. The van der Waals surface area contributed by atoms with Gasteiger partial charge in [0.1, 0.15) is 12.4 Å². The molecule has 0 spiro atoms. The van der Waals surface area contributed by atoms with Crippen LogP contribution in [0.15, 0.2) is 18.7 Å². The predicted octanol–water partition coefficient (Wildman–Crippen LogP) is 1.40. The van der Waals surface area contributed by atoms with E-state index in [0.717, 1.165) is 19.5 Å². The Kier molecular flexibility index (Phi) is 2.74. The highest BCUT2D eigenvalue weighted by molar-refractivity contribution is 5.76. The highest BCUT2D eigenvalue weighted by Gasteiger charge is 2.31. The van der Waals surface area contributed by atoms with Gasteiger partial charge in [-0.3, -0.25) is 0 Å². The van der Waals surface area contributed by atoms with Crippen LogP contribution in [-0.2, 0) is 7.05 Å². The minimum absolute atomic E-state index is 0.0911. The first kappa shape index (κ1) is 11.2. The minimum atomic E-state index is 0.0911. The molecule has 16 heavy (non-hydrogen) atoms. The fourth-order valence-electron chi connectivity index (χ4n) is 2.31. The van der Waals surface area contributed by atoms with E-state index in [4.69, 9.17) is 0 Å². The molecule has 1 aromatic heterocycles. The maximum absolute atomic E-state index is 12.2. The summed E-state index contributed by atoms with van der Waals surface area (Å²) < 4.78 is 3.54. The third kappa shape index (κ3) is 2.26. The lowest BCUT2D eigenvalue weighted by Crippen LogP contribution is -2.45. The molecule has 0 atom stereocenters. The summed E-state index contributed by atoms with van der Waals surface area (Å²) in [6.07, 6.45) is 7.81. The number of hydrogen-bond acceptors (Lipinski definition) is 1. The number of aryl methyl sites for hydroxylation is 1. The normalized spacial score (nSPS) is 19.8. The van der Waals surface area contributed by atoms with E-state index in [-0.39, 0.29) is 11.4 Å². The quantitative estimate of drug-likeness (QED) is 0.610. The van der Waals surface area contributed by atoms with Crippen LogP contribution in [0.5, 0.6) is 0 Å². The van der Waals surface area contributed by atoms with Gasteiger partial charge in [0.15, 0.2) is 0 Å². The number of aromatic nitrogens is 2. The van der Waals surface area contributed by atoms with Crippen molar-refractivity contribution >= 4 is 6.03 Å². The molecule has 1 fully saturated rings. The van der Waals surface area contributed by atoms with Crippen molar-refractivity contribution in [3.63, 3.8) is 0 Å². The van der Waals surface area contributed by atoms with Gasteiger partial charge < -0.3 is 4.90 Å². The highest BCUT2D eigenvalue weighted by Crippen LogP contribution is 2.28. The third-order valence-electron chi connectivity index (χ3n) is 3.16. The zero-order chi connectivity index (χ0) is 11.8. The Morgan fingerprint density at radius 2 is 2.19 bits per heavy atom. The number of amides is 1. The van der Waals surface area contributed by atoms with Crippen molar-refractivity contribution in [1.82, 2.24) is 9.47 Å². The van der Waals surface area contributed by atoms with Crippen molar-refractivity contribution in [3.05, 3.63) is 18.7 Å². The highest BCUT2D eigenvalue weighted by atomic mass is 16.2. The lowest BCUT2D eigenvalue weighted by molar-refractivity contribution is -0.670. The molecule has 4 heteroatoms. The molecule has 88 valence electrons. The van der Waals surface area contributed by atoms with Crippen LogP contribution in [-0.4, -0.2) is 28.6 Å². The summed E-state index contributed by atoms with van der Waals surface area (Å²) in [6, 6.07) is 0.0911. The fourth-order valence-corrected chi connectivity index (χ4v) is 2.31. The maximum Gasteiger partial charge on any atom is 0.415 e. The fraction of sp³-hybridized carbons (Fsp3) is 0.667. The average molecular weight is 222 g/mol. The summed E-state index contributed by atoms with van der Waals surface area (Å²) in [6.45, 7) is 6.18. The van der Waals surface area contributed by atoms with E-state index in [0.29, 0.717) is 0 Å². The standard InChI is InChI=1S/C12H20N3O/c1-12(2)5-4-6-14(9-12)11(16)15-8-7-13(3)10-15/h7-8,10H,4-6,9H2,1-3H3/q+1. The number of likely N-dealkylation sites (tertiary alicyclic amines) is 1. The Hall–Kier alpha value is -1.32. The molecule has 0 bridgehead atoms. The van der Waals surface area contributed by atoms with Gasteiger partial charge in [0.2, 0.25) is 0 Å². The third-order valence-corrected chi connectivity index (χ3v) is 3.16. The van der Waals surface area contributed by atoms with Crippen LogP contribution < -0.4 is 4.57 Å². The number of rotatable bonds is 0. The van der Waals surface area contributed by atoms with E-state index in [1.54, 1.807) is 4.57 Å². The topological polar surface area (TPSA) is 29.1 Å². The Morgan fingerprint density at radius 1 is 1.44 bits per heavy atom. The van der Waals surface area contributed by atoms with E-state index in [1.165, 1.54) is 6.42 Å². The number of carbonyl (C=O) groups excluding carboxylic acids is 1. The van der Waals surface area contributed by atoms with Gasteiger partial charge >= 0.3 is 6.03 Å². The lowest BCUT2D eigenvalue weighted by atomic mass is 9.84. The molecular formula is C12H20N3O+. The molecular weight excluding hydrogens is 202 g/mol. The summed E-state index contributed by atoms with van der Waals surface area (Å²) in [7, 11) is 1.92. The van der Waals surface area contributed by atoms with Gasteiger partial charge in [-0.2, -0.15) is 4.57 Å². The number of imidazole rings is 1. The van der Waals surface area contributed by atoms with Gasteiger partial charge in [-0.15, -0.1) is 0 Å². The summed E-state index contributed by atoms with van der Waals surface area (Å²) in [5, 5.41) is 0. The molecule has 0 aliphatic carbocycles. The molecule has 0 aromatic carbocycles. The first-order valence-corrected chi connectivity index (χ1v) is 5.80. The second-order valence-corrected chi connectivity index (χ2v) is 5.46. The molecule has 1 aromatic rings. The second-order valence-electron chi connectivity index (χ2n) is 5.46. The summed E-state index contributed by atoms with van der Waals surface area (Å²) in [5.41, 5.74) is 0.253. The van der Waals surface area contributed by atoms with Crippen molar-refractivity contribution in [2.45, 2.75) is 26.7 Å². The van der Waals surface area contributed by atoms with Crippen molar-refractivity contribution in [2.75, 3.05) is 13.1 Å². The van der Waals surface area contributed by atoms with Gasteiger partial charge in [0.05, 0.1) is 7.05 Å². The van der Waals surface area contributed by atoms with Crippen LogP contribution in [0.4, 0.5) is 4.79 Å². The van der Waals surface area contributed by atoms with E-state index < -0.39 is 0 Å². The molecule has 1 saturated heterocycles. The Balaban J connectivity index is 2.10. The van der Waals surface area contributed by atoms with Gasteiger partial charge in [-0.25, -0.2) is 9.36 Å². The van der Waals surface area contributed by atoms with Crippen LogP contribution in [0.1, 0.15) is 26.7 Å². The molecule has 1 aliphatic rings. The van der Waals surface area contributed by atoms with Crippen molar-refractivity contribution in [2.24, 2.45) is 12.5 Å². The molecule has 1 amide bonds. The van der Waals surface area contributed by atoms with Crippen molar-refractivity contribution in [1.29, 1.82) is 0 Å². The van der Waals surface area contributed by atoms with Crippen molar-refractivity contribution in [3.8, 4) is 0 Å². The van der Waals surface area contributed by atoms with Gasteiger partial charge in [-0.1, -0.05) is 13.8 Å². The van der Waals surface area contributed by atoms with Gasteiger partial charge in [0.25, 0.3) is 6.33 Å². The number of nitrogens with zero attached hydrogens (tertiary/aromatic N) is 3. The number of hydrogen-bond donors (Lipinski definition) is 0. The first-order valence-electron chi connectivity index (χ1n) is 5.80. The SMILES string of the molecule is C[n+]1ccn(C(=O)N2CCCC(C)(C)C2)c1. The van der Waals surface area contributed by atoms with Crippen LogP contribution >= 0.6 is 0 Å². The number of carbonyl (C=O) groups is 1. The molecule has 4 nitrogen and oxygen atoms in total. The Morgan fingerprint density at radius 3 is 2.75 bits per heavy atom. The van der Waals surface area contributed by atoms with Gasteiger partial charge in [-0.05, 0) is 18.3 Å². The average Bonchev–Trinajstić information content (AvgIpc) is 2.62. The van der Waals surface area contributed by atoms with Crippen LogP contribution in [0.25, 0.3) is 0 Å². The Labute approximate surface area is 96.5 Å². The van der Waals surface area contributed by atoms with Crippen molar-refractivity contribution < 1.29 is 9.36 Å². The summed E-state index contributed by atoms with van der Waals surface area (Å²) in [4.78, 5) is 14.1. The molecule has 0 saturated carbocycles. The lowest BCUT2D eigenvalue weighted by Gasteiger charge is -2.36. The largest absolute Gasteiger partial charge is 0.415 e. The zero-order valence-corrected chi connectivity index (χ0v) is 10.3. The van der Waals surface area contributed by atoms with Gasteiger partial charge in [0, 0.05) is 13.1 Å². The Bertz CT molecular complexity index is 395. The van der Waals surface area contributed by atoms with E-state index >= 15 is 0 Å². The van der Waals surface area contributed by atoms with E-state index in [2.05, 4.69) is 13.8 Å². The zero-order valence-electron chi connectivity index (χ0n) is 10.3. The number of piperidine rings is 1. The summed E-state index contributed by atoms with van der Waals surface area (Å²) >= 11 is 0. The maximum atomic E-state index is 12.2. The predicted molar refractivity (Wildman–Crippen MR) is 61.0 cm³/mol. The molecule has 0 radical (unpaired) electrons. The van der Waals surface area contributed by atoms with Crippen LogP contribution in [0.3, 0.4) is 0 Å².